The lowest BCUT2D eigenvalue weighted by Crippen LogP contribution is -2.05. The Labute approximate surface area is 89.8 Å². The van der Waals surface area contributed by atoms with Crippen molar-refractivity contribution in [1.29, 1.82) is 0 Å². The topological polar surface area (TPSA) is 56.7 Å². The van der Waals surface area contributed by atoms with Crippen molar-refractivity contribution in [2.75, 3.05) is 6.54 Å². The van der Waals surface area contributed by atoms with Crippen LogP contribution in [-0.4, -0.2) is 21.5 Å². The van der Waals surface area contributed by atoms with Crippen LogP contribution in [0.3, 0.4) is 0 Å². The van der Waals surface area contributed by atoms with Crippen LogP contribution in [0.25, 0.3) is 0 Å². The molecule has 0 aliphatic heterocycles. The minimum absolute atomic E-state index is 0.798. The van der Waals surface area contributed by atoms with E-state index in [1.165, 1.54) is 24.2 Å². The number of aryl methyl sites for hydroxylation is 2. The van der Waals surface area contributed by atoms with Crippen molar-refractivity contribution in [3.8, 4) is 0 Å². The number of hydrogen-bond donors (Lipinski definition) is 1. The SMILES string of the molecule is Cn1nnc2c1CCC1C(CN)C1CC2. The van der Waals surface area contributed by atoms with E-state index >= 15 is 0 Å². The Bertz CT molecular complexity index is 371. The molecular formula is C11H18N4. The Morgan fingerprint density at radius 1 is 1.33 bits per heavy atom. The van der Waals surface area contributed by atoms with E-state index in [0.29, 0.717) is 0 Å². The van der Waals surface area contributed by atoms with Crippen molar-refractivity contribution in [1.82, 2.24) is 15.0 Å². The van der Waals surface area contributed by atoms with E-state index in [1.807, 2.05) is 11.7 Å². The van der Waals surface area contributed by atoms with E-state index in [1.54, 1.807) is 0 Å². The molecule has 0 aromatic carbocycles. The van der Waals surface area contributed by atoms with Crippen LogP contribution in [0, 0.1) is 17.8 Å². The van der Waals surface area contributed by atoms with Gasteiger partial charge in [0.15, 0.2) is 0 Å². The first-order valence-electron chi connectivity index (χ1n) is 5.88. The lowest BCUT2D eigenvalue weighted by atomic mass is 10.0. The molecule has 0 bridgehead atoms. The Morgan fingerprint density at radius 2 is 2.07 bits per heavy atom. The maximum absolute atomic E-state index is 5.77. The average molecular weight is 206 g/mol. The lowest BCUT2D eigenvalue weighted by Gasteiger charge is -2.07. The van der Waals surface area contributed by atoms with E-state index < -0.39 is 0 Å². The van der Waals surface area contributed by atoms with Crippen LogP contribution < -0.4 is 5.73 Å². The fraction of sp³-hybridized carbons (Fsp3) is 0.818. The number of aromatic nitrogens is 3. The third-order valence-corrected chi connectivity index (χ3v) is 4.23. The van der Waals surface area contributed by atoms with Gasteiger partial charge in [0.05, 0.1) is 11.4 Å². The molecule has 1 saturated carbocycles. The molecule has 2 aliphatic rings. The van der Waals surface area contributed by atoms with Gasteiger partial charge in [-0.05, 0) is 50.0 Å². The molecule has 2 N–H and O–H groups in total. The first-order valence-corrected chi connectivity index (χ1v) is 5.88. The van der Waals surface area contributed by atoms with Gasteiger partial charge in [-0.2, -0.15) is 0 Å². The van der Waals surface area contributed by atoms with Crippen molar-refractivity contribution >= 4 is 0 Å². The maximum atomic E-state index is 5.77. The summed E-state index contributed by atoms with van der Waals surface area (Å²) in [6.45, 7) is 0.872. The van der Waals surface area contributed by atoms with E-state index in [9.17, 15) is 0 Å². The molecule has 1 aromatic rings. The normalized spacial score (nSPS) is 33.9. The van der Waals surface area contributed by atoms with E-state index in [4.69, 9.17) is 5.73 Å². The molecule has 0 spiro atoms. The van der Waals surface area contributed by atoms with Gasteiger partial charge in [-0.1, -0.05) is 5.21 Å². The van der Waals surface area contributed by atoms with Crippen molar-refractivity contribution in [3.05, 3.63) is 11.4 Å². The second kappa shape index (κ2) is 3.30. The Morgan fingerprint density at radius 3 is 2.80 bits per heavy atom. The van der Waals surface area contributed by atoms with Gasteiger partial charge < -0.3 is 5.73 Å². The summed E-state index contributed by atoms with van der Waals surface area (Å²) in [5.41, 5.74) is 8.34. The summed E-state index contributed by atoms with van der Waals surface area (Å²) >= 11 is 0. The molecule has 0 amide bonds. The molecule has 3 unspecified atom stereocenters. The molecule has 0 saturated heterocycles. The fourth-order valence-corrected chi connectivity index (χ4v) is 3.26. The minimum Gasteiger partial charge on any atom is -0.330 e. The molecule has 4 heteroatoms. The van der Waals surface area contributed by atoms with Gasteiger partial charge in [-0.15, -0.1) is 5.10 Å². The van der Waals surface area contributed by atoms with E-state index in [-0.39, 0.29) is 0 Å². The predicted molar refractivity (Wildman–Crippen MR) is 57.2 cm³/mol. The number of nitrogens with zero attached hydrogens (tertiary/aromatic N) is 3. The van der Waals surface area contributed by atoms with Crippen LogP contribution in [0.4, 0.5) is 0 Å². The van der Waals surface area contributed by atoms with Gasteiger partial charge in [0.25, 0.3) is 0 Å². The highest BCUT2D eigenvalue weighted by molar-refractivity contribution is 5.14. The maximum Gasteiger partial charge on any atom is 0.0859 e. The molecule has 2 aliphatic carbocycles. The van der Waals surface area contributed by atoms with E-state index in [0.717, 1.165) is 37.1 Å². The molecule has 1 aromatic heterocycles. The predicted octanol–water partition coefficient (Wildman–Crippen LogP) is 0.515. The van der Waals surface area contributed by atoms with Crippen molar-refractivity contribution < 1.29 is 0 Å². The molecule has 15 heavy (non-hydrogen) atoms. The average Bonchev–Trinajstić information content (AvgIpc) is 2.76. The van der Waals surface area contributed by atoms with Crippen LogP contribution >= 0.6 is 0 Å². The highest BCUT2D eigenvalue weighted by Gasteiger charge is 2.48. The van der Waals surface area contributed by atoms with Crippen LogP contribution in [0.15, 0.2) is 0 Å². The molecule has 0 radical (unpaired) electrons. The standard InChI is InChI=1S/C11H18N4/c1-15-11-5-3-8-7(9(8)6-12)2-4-10(11)13-14-15/h7-9H,2-6,12H2,1H3. The number of rotatable bonds is 1. The van der Waals surface area contributed by atoms with Gasteiger partial charge >= 0.3 is 0 Å². The minimum atomic E-state index is 0.798. The zero-order valence-corrected chi connectivity index (χ0v) is 9.19. The summed E-state index contributed by atoms with van der Waals surface area (Å²) < 4.78 is 1.94. The van der Waals surface area contributed by atoms with Crippen molar-refractivity contribution in [2.24, 2.45) is 30.5 Å². The van der Waals surface area contributed by atoms with Gasteiger partial charge in [0, 0.05) is 7.05 Å². The lowest BCUT2D eigenvalue weighted by molar-refractivity contribution is 0.566. The molecular weight excluding hydrogens is 188 g/mol. The van der Waals surface area contributed by atoms with Crippen LogP contribution in [0.2, 0.25) is 0 Å². The second-order valence-corrected chi connectivity index (χ2v) is 4.91. The van der Waals surface area contributed by atoms with Crippen molar-refractivity contribution in [3.63, 3.8) is 0 Å². The highest BCUT2D eigenvalue weighted by atomic mass is 15.4. The van der Waals surface area contributed by atoms with Gasteiger partial charge in [0.2, 0.25) is 0 Å². The molecule has 3 atom stereocenters. The Kier molecular flexibility index (Phi) is 2.06. The quantitative estimate of drug-likeness (QED) is 0.728. The molecule has 1 fully saturated rings. The molecule has 82 valence electrons. The zero-order chi connectivity index (χ0) is 10.4. The van der Waals surface area contributed by atoms with Crippen LogP contribution in [0.1, 0.15) is 24.2 Å². The smallest absolute Gasteiger partial charge is 0.0859 e. The summed E-state index contributed by atoms with van der Waals surface area (Å²) in [5, 5.41) is 8.35. The first kappa shape index (κ1) is 9.33. The summed E-state index contributed by atoms with van der Waals surface area (Å²) in [7, 11) is 2.00. The Balaban J connectivity index is 1.80. The third-order valence-electron chi connectivity index (χ3n) is 4.23. The fourth-order valence-electron chi connectivity index (χ4n) is 3.26. The van der Waals surface area contributed by atoms with Gasteiger partial charge in [-0.25, -0.2) is 0 Å². The monoisotopic (exact) mass is 206 g/mol. The van der Waals surface area contributed by atoms with Gasteiger partial charge in [0.1, 0.15) is 0 Å². The zero-order valence-electron chi connectivity index (χ0n) is 9.19. The first-order chi connectivity index (χ1) is 7.31. The highest BCUT2D eigenvalue weighted by Crippen LogP contribution is 2.52. The summed E-state index contributed by atoms with van der Waals surface area (Å²) in [6, 6.07) is 0. The molecule has 3 rings (SSSR count). The second-order valence-electron chi connectivity index (χ2n) is 4.91. The third kappa shape index (κ3) is 1.39. The largest absolute Gasteiger partial charge is 0.330 e. The summed E-state index contributed by atoms with van der Waals surface area (Å²) in [4.78, 5) is 0. The number of fused-ring (bicyclic) bond motifs is 2. The number of hydrogen-bond acceptors (Lipinski definition) is 3. The number of nitrogens with two attached hydrogens (primary N) is 1. The molecule has 4 nitrogen and oxygen atoms in total. The van der Waals surface area contributed by atoms with Crippen molar-refractivity contribution in [2.45, 2.75) is 25.7 Å². The Hall–Kier alpha value is -0.900. The van der Waals surface area contributed by atoms with Crippen LogP contribution in [-0.2, 0) is 19.9 Å². The van der Waals surface area contributed by atoms with E-state index in [2.05, 4.69) is 10.3 Å². The van der Waals surface area contributed by atoms with Gasteiger partial charge in [-0.3, -0.25) is 4.68 Å². The molecule has 1 heterocycles. The summed E-state index contributed by atoms with van der Waals surface area (Å²) in [5.74, 6) is 2.57. The summed E-state index contributed by atoms with van der Waals surface area (Å²) in [6.07, 6.45) is 4.77. The van der Waals surface area contributed by atoms with Crippen LogP contribution in [0.5, 0.6) is 0 Å².